The molecule has 0 bridgehead atoms. The van der Waals surface area contributed by atoms with E-state index in [0.717, 1.165) is 0 Å². The van der Waals surface area contributed by atoms with Gasteiger partial charge in [-0.15, -0.1) is 0 Å². The number of hydrogen-bond donors (Lipinski definition) is 1. The van der Waals surface area contributed by atoms with Crippen LogP contribution >= 0.6 is 23.2 Å². The Morgan fingerprint density at radius 1 is 1.30 bits per heavy atom. The molecule has 5 nitrogen and oxygen atoms in total. The van der Waals surface area contributed by atoms with Gasteiger partial charge in [0.1, 0.15) is 17.4 Å². The van der Waals surface area contributed by atoms with Crippen molar-refractivity contribution in [2.45, 2.75) is 18.8 Å². The number of nitriles is 1. The van der Waals surface area contributed by atoms with Crippen molar-refractivity contribution in [2.24, 2.45) is 5.73 Å². The summed E-state index contributed by atoms with van der Waals surface area (Å²) < 4.78 is 30.6. The number of nitrogens with two attached hydrogens (primary N) is 1. The van der Waals surface area contributed by atoms with Gasteiger partial charge in [0.05, 0.1) is 16.6 Å². The van der Waals surface area contributed by atoms with Crippen LogP contribution in [0.25, 0.3) is 0 Å². The fraction of sp³-hybridized carbons (Fsp3) is 0.267. The Morgan fingerprint density at radius 3 is 2.57 bits per heavy atom. The van der Waals surface area contributed by atoms with Gasteiger partial charge >= 0.3 is 0 Å². The van der Waals surface area contributed by atoms with Crippen LogP contribution in [-0.2, 0) is 14.6 Å². The number of hydrogen-bond acceptors (Lipinski definition) is 5. The summed E-state index contributed by atoms with van der Waals surface area (Å²) >= 11 is 12.5. The van der Waals surface area contributed by atoms with E-state index in [9.17, 15) is 13.7 Å². The summed E-state index contributed by atoms with van der Waals surface area (Å²) in [6.45, 7) is 0. The minimum absolute atomic E-state index is 0.00391. The number of halogens is 2. The molecular weight excluding hydrogens is 359 g/mol. The molecule has 2 heterocycles. The van der Waals surface area contributed by atoms with Gasteiger partial charge in [-0.1, -0.05) is 29.3 Å². The highest BCUT2D eigenvalue weighted by Crippen LogP contribution is 2.48. The van der Waals surface area contributed by atoms with Crippen molar-refractivity contribution >= 4 is 33.0 Å². The van der Waals surface area contributed by atoms with Crippen molar-refractivity contribution in [3.63, 3.8) is 0 Å². The minimum atomic E-state index is -3.58. The molecule has 0 saturated carbocycles. The van der Waals surface area contributed by atoms with Crippen LogP contribution < -0.4 is 5.73 Å². The SMILES string of the molecule is N#CC1=C(N)OC2=C([C@@H]1c1c(Cl)cccc1Cl)S(=O)(=O)CCC2. The lowest BCUT2D eigenvalue weighted by Crippen LogP contribution is -2.29. The third kappa shape index (κ3) is 2.59. The van der Waals surface area contributed by atoms with Crippen LogP contribution in [0.4, 0.5) is 0 Å². The molecule has 1 aromatic carbocycles. The zero-order valence-corrected chi connectivity index (χ0v) is 14.2. The standard InChI is InChI=1S/C15H12Cl2N2O3S/c16-9-3-1-4-10(17)13(9)12-8(7-18)15(19)22-11-5-2-6-23(20,21)14(11)12/h1,3-4,12H,2,5-6,19H2/t12-/m0/s1. The molecule has 0 spiro atoms. The van der Waals surface area contributed by atoms with E-state index >= 15 is 0 Å². The first-order valence-corrected chi connectivity index (χ1v) is 9.25. The molecule has 2 aliphatic rings. The van der Waals surface area contributed by atoms with Gasteiger partial charge in [-0.3, -0.25) is 0 Å². The Bertz CT molecular complexity index is 878. The first-order valence-electron chi connectivity index (χ1n) is 6.84. The molecule has 120 valence electrons. The van der Waals surface area contributed by atoms with Gasteiger partial charge < -0.3 is 10.5 Å². The van der Waals surface area contributed by atoms with Crippen LogP contribution in [0.2, 0.25) is 10.0 Å². The average Bonchev–Trinajstić information content (AvgIpc) is 2.46. The molecule has 1 atom stereocenters. The number of ether oxygens (including phenoxy) is 1. The molecule has 23 heavy (non-hydrogen) atoms. The van der Waals surface area contributed by atoms with Crippen LogP contribution in [0.1, 0.15) is 24.3 Å². The first kappa shape index (κ1) is 16.2. The molecular formula is C15H12Cl2N2O3S. The number of benzene rings is 1. The predicted molar refractivity (Wildman–Crippen MR) is 87.2 cm³/mol. The highest BCUT2D eigenvalue weighted by molar-refractivity contribution is 7.95. The largest absolute Gasteiger partial charge is 0.444 e. The van der Waals surface area contributed by atoms with Crippen LogP contribution in [-0.4, -0.2) is 14.2 Å². The van der Waals surface area contributed by atoms with E-state index in [4.69, 9.17) is 33.7 Å². The maximum Gasteiger partial charge on any atom is 0.205 e. The smallest absolute Gasteiger partial charge is 0.205 e. The average molecular weight is 371 g/mol. The second kappa shape index (κ2) is 5.75. The third-order valence-corrected chi connectivity index (χ3v) is 6.50. The maximum absolute atomic E-state index is 12.6. The maximum atomic E-state index is 12.6. The lowest BCUT2D eigenvalue weighted by molar-refractivity contribution is 0.265. The number of allylic oxidation sites excluding steroid dienone is 3. The Kier molecular flexibility index (Phi) is 4.05. The van der Waals surface area contributed by atoms with E-state index in [0.29, 0.717) is 18.4 Å². The van der Waals surface area contributed by atoms with Gasteiger partial charge in [0.2, 0.25) is 5.88 Å². The Morgan fingerprint density at radius 2 is 1.96 bits per heavy atom. The topological polar surface area (TPSA) is 93.2 Å². The first-order chi connectivity index (χ1) is 10.9. The lowest BCUT2D eigenvalue weighted by atomic mass is 9.88. The number of sulfone groups is 1. The van der Waals surface area contributed by atoms with Gasteiger partial charge in [0.25, 0.3) is 0 Å². The normalized spacial score (nSPS) is 23.1. The summed E-state index contributed by atoms with van der Waals surface area (Å²) in [4.78, 5) is 0.0458. The van der Waals surface area contributed by atoms with E-state index in [1.54, 1.807) is 18.2 Å². The van der Waals surface area contributed by atoms with Gasteiger partial charge in [0, 0.05) is 22.0 Å². The molecule has 0 saturated heterocycles. The molecule has 1 aromatic rings. The van der Waals surface area contributed by atoms with E-state index < -0.39 is 15.8 Å². The summed E-state index contributed by atoms with van der Waals surface area (Å²) in [5.74, 6) is -0.778. The van der Waals surface area contributed by atoms with Crippen LogP contribution in [0.5, 0.6) is 0 Å². The number of nitrogens with zero attached hydrogens (tertiary/aromatic N) is 1. The lowest BCUT2D eigenvalue weighted by Gasteiger charge is -2.32. The Hall–Kier alpha value is -1.68. The fourth-order valence-corrected chi connectivity index (χ4v) is 5.36. The van der Waals surface area contributed by atoms with Crippen molar-refractivity contribution in [3.05, 3.63) is 55.9 Å². The van der Waals surface area contributed by atoms with Crippen molar-refractivity contribution in [1.82, 2.24) is 0 Å². The van der Waals surface area contributed by atoms with E-state index in [-0.39, 0.29) is 37.9 Å². The minimum Gasteiger partial charge on any atom is -0.444 e. The number of rotatable bonds is 1. The van der Waals surface area contributed by atoms with E-state index in [2.05, 4.69) is 0 Å². The zero-order chi connectivity index (χ0) is 16.8. The predicted octanol–water partition coefficient (Wildman–Crippen LogP) is 3.22. The van der Waals surface area contributed by atoms with Gasteiger partial charge in [0.15, 0.2) is 9.84 Å². The van der Waals surface area contributed by atoms with Gasteiger partial charge in [-0.2, -0.15) is 5.26 Å². The molecule has 2 aliphatic heterocycles. The molecule has 0 unspecified atom stereocenters. The zero-order valence-electron chi connectivity index (χ0n) is 11.8. The Balaban J connectivity index is 2.35. The van der Waals surface area contributed by atoms with Crippen LogP contribution in [0.3, 0.4) is 0 Å². The molecule has 0 aliphatic carbocycles. The summed E-state index contributed by atoms with van der Waals surface area (Å²) in [7, 11) is -3.58. The summed E-state index contributed by atoms with van der Waals surface area (Å²) in [6, 6.07) is 6.78. The Labute approximate surface area is 143 Å². The third-order valence-electron chi connectivity index (χ3n) is 3.89. The molecule has 0 amide bonds. The van der Waals surface area contributed by atoms with Gasteiger partial charge in [-0.25, -0.2) is 8.42 Å². The molecule has 0 fully saturated rings. The summed E-state index contributed by atoms with van der Waals surface area (Å²) in [6.07, 6.45) is 0.881. The molecule has 0 radical (unpaired) electrons. The fourth-order valence-electron chi connectivity index (χ4n) is 2.91. The molecule has 0 aromatic heterocycles. The quantitative estimate of drug-likeness (QED) is 0.818. The monoisotopic (exact) mass is 370 g/mol. The highest BCUT2D eigenvalue weighted by atomic mass is 35.5. The molecule has 8 heteroatoms. The van der Waals surface area contributed by atoms with Crippen molar-refractivity contribution in [3.8, 4) is 6.07 Å². The molecule has 2 N–H and O–H groups in total. The summed E-state index contributed by atoms with van der Waals surface area (Å²) in [5, 5.41) is 10.0. The van der Waals surface area contributed by atoms with Gasteiger partial charge in [-0.05, 0) is 18.6 Å². The van der Waals surface area contributed by atoms with Crippen LogP contribution in [0.15, 0.2) is 40.3 Å². The second-order valence-corrected chi connectivity index (χ2v) is 8.16. The van der Waals surface area contributed by atoms with Crippen molar-refractivity contribution in [1.29, 1.82) is 5.26 Å². The van der Waals surface area contributed by atoms with E-state index in [1.807, 2.05) is 6.07 Å². The molecule has 3 rings (SSSR count). The second-order valence-electron chi connectivity index (χ2n) is 5.27. The highest BCUT2D eigenvalue weighted by Gasteiger charge is 2.43. The van der Waals surface area contributed by atoms with Crippen molar-refractivity contribution in [2.75, 3.05) is 5.75 Å². The van der Waals surface area contributed by atoms with Crippen LogP contribution in [0, 0.1) is 11.3 Å². The summed E-state index contributed by atoms with van der Waals surface area (Å²) in [5.41, 5.74) is 6.19. The van der Waals surface area contributed by atoms with Crippen molar-refractivity contribution < 1.29 is 13.2 Å². The van der Waals surface area contributed by atoms with E-state index in [1.165, 1.54) is 0 Å².